The van der Waals surface area contributed by atoms with Crippen LogP contribution in [0.15, 0.2) is 16.4 Å². The smallest absolute Gasteiger partial charge is 0.248 e. The zero-order valence-corrected chi connectivity index (χ0v) is 5.50. The zero-order chi connectivity index (χ0) is 7.56. The Morgan fingerprint density at radius 2 is 2.40 bits per heavy atom. The SMILES string of the molecule is NC(=O)C1=C(N)N=CCC1. The van der Waals surface area contributed by atoms with E-state index in [0.29, 0.717) is 12.0 Å². The maximum absolute atomic E-state index is 10.6. The molecular formula is C6H9N3O. The van der Waals surface area contributed by atoms with Crippen molar-refractivity contribution < 1.29 is 4.79 Å². The number of aliphatic imine (C=N–C) groups is 1. The molecule has 4 heteroatoms. The minimum Gasteiger partial charge on any atom is -0.383 e. The van der Waals surface area contributed by atoms with Gasteiger partial charge in [0.2, 0.25) is 5.91 Å². The Bertz CT molecular complexity index is 217. The fourth-order valence-electron chi connectivity index (χ4n) is 0.827. The fraction of sp³-hybridized carbons (Fsp3) is 0.333. The number of hydrogen-bond acceptors (Lipinski definition) is 3. The van der Waals surface area contributed by atoms with Gasteiger partial charge in [-0.25, -0.2) is 4.99 Å². The van der Waals surface area contributed by atoms with Crippen LogP contribution < -0.4 is 11.5 Å². The van der Waals surface area contributed by atoms with Gasteiger partial charge in [0.1, 0.15) is 5.82 Å². The van der Waals surface area contributed by atoms with Crippen LogP contribution in [0.1, 0.15) is 12.8 Å². The number of carbonyl (C=O) groups is 1. The molecule has 1 amide bonds. The molecule has 0 atom stereocenters. The largest absolute Gasteiger partial charge is 0.383 e. The first-order valence-electron chi connectivity index (χ1n) is 3.03. The maximum Gasteiger partial charge on any atom is 0.248 e. The molecule has 0 saturated heterocycles. The van der Waals surface area contributed by atoms with Crippen molar-refractivity contribution in [3.63, 3.8) is 0 Å². The Hall–Kier alpha value is -1.32. The van der Waals surface area contributed by atoms with Gasteiger partial charge in [0, 0.05) is 6.21 Å². The number of nitrogens with two attached hydrogens (primary N) is 2. The summed E-state index contributed by atoms with van der Waals surface area (Å²) in [5, 5.41) is 0. The van der Waals surface area contributed by atoms with Crippen LogP contribution >= 0.6 is 0 Å². The lowest BCUT2D eigenvalue weighted by Gasteiger charge is -2.06. The highest BCUT2D eigenvalue weighted by Gasteiger charge is 2.11. The van der Waals surface area contributed by atoms with Crippen molar-refractivity contribution in [2.24, 2.45) is 16.5 Å². The van der Waals surface area contributed by atoms with Crippen molar-refractivity contribution in [1.82, 2.24) is 0 Å². The van der Waals surface area contributed by atoms with E-state index >= 15 is 0 Å². The monoisotopic (exact) mass is 139 g/mol. The molecule has 1 rings (SSSR count). The Balaban J connectivity index is 2.89. The van der Waals surface area contributed by atoms with Gasteiger partial charge in [0.15, 0.2) is 0 Å². The summed E-state index contributed by atoms with van der Waals surface area (Å²) in [6, 6.07) is 0. The molecule has 0 bridgehead atoms. The van der Waals surface area contributed by atoms with Crippen LogP contribution in [0.25, 0.3) is 0 Å². The molecule has 0 radical (unpaired) electrons. The number of nitrogens with zero attached hydrogens (tertiary/aromatic N) is 1. The molecule has 0 aliphatic carbocycles. The molecule has 1 aliphatic heterocycles. The van der Waals surface area contributed by atoms with Crippen LogP contribution in [0.3, 0.4) is 0 Å². The third kappa shape index (κ3) is 1.15. The molecular weight excluding hydrogens is 130 g/mol. The molecule has 0 fully saturated rings. The van der Waals surface area contributed by atoms with E-state index in [9.17, 15) is 4.79 Å². The van der Waals surface area contributed by atoms with Crippen LogP contribution in [0.5, 0.6) is 0 Å². The van der Waals surface area contributed by atoms with Crippen LogP contribution in [0, 0.1) is 0 Å². The van der Waals surface area contributed by atoms with Gasteiger partial charge in [-0.1, -0.05) is 0 Å². The van der Waals surface area contributed by atoms with E-state index in [1.807, 2.05) is 0 Å². The van der Waals surface area contributed by atoms with Gasteiger partial charge in [-0.3, -0.25) is 4.79 Å². The fourth-order valence-corrected chi connectivity index (χ4v) is 0.827. The highest BCUT2D eigenvalue weighted by Crippen LogP contribution is 2.11. The summed E-state index contributed by atoms with van der Waals surface area (Å²) < 4.78 is 0. The molecule has 0 unspecified atom stereocenters. The van der Waals surface area contributed by atoms with E-state index in [4.69, 9.17) is 11.5 Å². The number of hydrogen-bond donors (Lipinski definition) is 2. The van der Waals surface area contributed by atoms with Gasteiger partial charge >= 0.3 is 0 Å². The van der Waals surface area contributed by atoms with Crippen molar-refractivity contribution >= 4 is 12.1 Å². The molecule has 0 aromatic carbocycles. The number of amides is 1. The Morgan fingerprint density at radius 1 is 1.70 bits per heavy atom. The molecule has 4 nitrogen and oxygen atoms in total. The van der Waals surface area contributed by atoms with E-state index in [2.05, 4.69) is 4.99 Å². The van der Waals surface area contributed by atoms with Gasteiger partial charge in [-0.15, -0.1) is 0 Å². The van der Waals surface area contributed by atoms with Crippen LogP contribution in [0.4, 0.5) is 0 Å². The van der Waals surface area contributed by atoms with Crippen molar-refractivity contribution in [3.8, 4) is 0 Å². The normalized spacial score (nSPS) is 17.6. The van der Waals surface area contributed by atoms with Gasteiger partial charge < -0.3 is 11.5 Å². The molecule has 1 heterocycles. The summed E-state index contributed by atoms with van der Waals surface area (Å²) >= 11 is 0. The molecule has 54 valence electrons. The predicted molar refractivity (Wildman–Crippen MR) is 38.1 cm³/mol. The third-order valence-corrected chi connectivity index (χ3v) is 1.36. The van der Waals surface area contributed by atoms with Gasteiger partial charge in [-0.05, 0) is 12.8 Å². The summed E-state index contributed by atoms with van der Waals surface area (Å²) in [6.07, 6.45) is 3.05. The number of rotatable bonds is 1. The second-order valence-corrected chi connectivity index (χ2v) is 2.08. The summed E-state index contributed by atoms with van der Waals surface area (Å²) in [6.45, 7) is 0. The van der Waals surface area contributed by atoms with Crippen molar-refractivity contribution in [2.75, 3.05) is 0 Å². The topological polar surface area (TPSA) is 81.5 Å². The van der Waals surface area contributed by atoms with E-state index in [1.54, 1.807) is 6.21 Å². The van der Waals surface area contributed by atoms with Crippen LogP contribution in [-0.2, 0) is 4.79 Å². The summed E-state index contributed by atoms with van der Waals surface area (Å²) in [5.41, 5.74) is 10.8. The van der Waals surface area contributed by atoms with E-state index < -0.39 is 5.91 Å². The standard InChI is InChI=1S/C6H9N3O/c7-5-4(6(8)10)2-1-3-9-5/h3H,1-2,7H2,(H2,8,10). The van der Waals surface area contributed by atoms with E-state index in [0.717, 1.165) is 6.42 Å². The summed E-state index contributed by atoms with van der Waals surface area (Å²) in [7, 11) is 0. The predicted octanol–water partition coefficient (Wildman–Crippen LogP) is -0.493. The average molecular weight is 139 g/mol. The van der Waals surface area contributed by atoms with Crippen molar-refractivity contribution in [3.05, 3.63) is 11.4 Å². The van der Waals surface area contributed by atoms with Crippen LogP contribution in [-0.4, -0.2) is 12.1 Å². The molecule has 0 saturated carbocycles. The molecule has 0 aromatic heterocycles. The average Bonchev–Trinajstić information content (AvgIpc) is 1.88. The molecule has 0 aromatic rings. The minimum absolute atomic E-state index is 0.263. The maximum atomic E-state index is 10.6. The highest BCUT2D eigenvalue weighted by molar-refractivity contribution is 5.93. The van der Waals surface area contributed by atoms with Crippen molar-refractivity contribution in [2.45, 2.75) is 12.8 Å². The van der Waals surface area contributed by atoms with Gasteiger partial charge in [0.05, 0.1) is 5.57 Å². The highest BCUT2D eigenvalue weighted by atomic mass is 16.1. The second-order valence-electron chi connectivity index (χ2n) is 2.08. The lowest BCUT2D eigenvalue weighted by atomic mass is 10.1. The summed E-state index contributed by atoms with van der Waals surface area (Å²) in [4.78, 5) is 14.3. The van der Waals surface area contributed by atoms with Crippen molar-refractivity contribution in [1.29, 1.82) is 0 Å². The molecule has 10 heavy (non-hydrogen) atoms. The van der Waals surface area contributed by atoms with Gasteiger partial charge in [-0.2, -0.15) is 0 Å². The van der Waals surface area contributed by atoms with E-state index in [1.165, 1.54) is 0 Å². The summed E-state index contributed by atoms with van der Waals surface area (Å²) in [5.74, 6) is -0.201. The third-order valence-electron chi connectivity index (χ3n) is 1.36. The number of primary amides is 1. The quantitative estimate of drug-likeness (QED) is 0.513. The second kappa shape index (κ2) is 2.51. The first-order chi connectivity index (χ1) is 4.72. The van der Waals surface area contributed by atoms with E-state index in [-0.39, 0.29) is 5.82 Å². The van der Waals surface area contributed by atoms with Gasteiger partial charge in [0.25, 0.3) is 0 Å². The molecule has 1 aliphatic rings. The Kier molecular flexibility index (Phi) is 1.71. The lowest BCUT2D eigenvalue weighted by molar-refractivity contribution is -0.114. The zero-order valence-electron chi connectivity index (χ0n) is 5.50. The first-order valence-corrected chi connectivity index (χ1v) is 3.03. The first kappa shape index (κ1) is 6.80. The Morgan fingerprint density at radius 3 is 2.80 bits per heavy atom. The Labute approximate surface area is 58.6 Å². The lowest BCUT2D eigenvalue weighted by Crippen LogP contribution is -2.20. The minimum atomic E-state index is -0.464. The number of carbonyl (C=O) groups excluding carboxylic acids is 1. The molecule has 4 N–H and O–H groups in total. The van der Waals surface area contributed by atoms with Crippen LogP contribution in [0.2, 0.25) is 0 Å². The molecule has 0 spiro atoms.